The fourth-order valence-corrected chi connectivity index (χ4v) is 3.12. The molecule has 1 rings (SSSR count). The molecule has 10 nitrogen and oxygen atoms in total. The van der Waals surface area contributed by atoms with Crippen LogP contribution in [0, 0.1) is 5.92 Å². The van der Waals surface area contributed by atoms with Gasteiger partial charge in [-0.15, -0.1) is 0 Å². The van der Waals surface area contributed by atoms with Crippen LogP contribution in [-0.4, -0.2) is 69.9 Å². The zero-order valence-corrected chi connectivity index (χ0v) is 19.8. The molecule has 0 saturated carbocycles. The van der Waals surface area contributed by atoms with Gasteiger partial charge in [-0.25, -0.2) is 14.4 Å². The number of carbonyl (C=O) groups is 4. The van der Waals surface area contributed by atoms with Crippen LogP contribution in [0.1, 0.15) is 68.2 Å². The fraction of sp³-hybridized carbons (Fsp3) is 0.810. The molecule has 1 fully saturated rings. The average molecular weight is 444 g/mol. The average Bonchev–Trinajstić information content (AvgIpc) is 3.00. The highest BCUT2D eigenvalue weighted by molar-refractivity contribution is 5.87. The number of ether oxygens (including phenoxy) is 2. The fourth-order valence-electron chi connectivity index (χ4n) is 3.12. The van der Waals surface area contributed by atoms with E-state index in [0.717, 1.165) is 4.90 Å². The first kappa shape index (κ1) is 26.5. The summed E-state index contributed by atoms with van der Waals surface area (Å²) in [5.74, 6) is -1.82. The molecule has 3 amide bonds. The summed E-state index contributed by atoms with van der Waals surface area (Å²) in [4.78, 5) is 50.3. The lowest BCUT2D eigenvalue weighted by molar-refractivity contribution is -0.142. The summed E-state index contributed by atoms with van der Waals surface area (Å²) in [5, 5.41) is 14.9. The van der Waals surface area contributed by atoms with E-state index >= 15 is 0 Å². The van der Waals surface area contributed by atoms with Gasteiger partial charge >= 0.3 is 18.2 Å². The lowest BCUT2D eigenvalue weighted by atomic mass is 9.98. The summed E-state index contributed by atoms with van der Waals surface area (Å²) in [5.41, 5.74) is -1.49. The van der Waals surface area contributed by atoms with Crippen molar-refractivity contribution in [2.24, 2.45) is 5.92 Å². The minimum atomic E-state index is -1.17. The lowest BCUT2D eigenvalue weighted by Gasteiger charge is -2.28. The third-order valence-corrected chi connectivity index (χ3v) is 4.73. The molecule has 0 aromatic rings. The largest absolute Gasteiger partial charge is 0.480 e. The molecule has 4 unspecified atom stereocenters. The first-order chi connectivity index (χ1) is 14.0. The number of carboxylic acids is 1. The summed E-state index contributed by atoms with van der Waals surface area (Å²) in [7, 11) is 0. The molecule has 31 heavy (non-hydrogen) atoms. The van der Waals surface area contributed by atoms with Crippen molar-refractivity contribution in [3.63, 3.8) is 0 Å². The van der Waals surface area contributed by atoms with E-state index in [1.54, 1.807) is 41.5 Å². The van der Waals surface area contributed by atoms with E-state index in [1.807, 2.05) is 13.8 Å². The number of alkyl carbamates (subject to hydrolysis) is 1. The maximum Gasteiger partial charge on any atom is 0.411 e. The van der Waals surface area contributed by atoms with Crippen LogP contribution >= 0.6 is 0 Å². The van der Waals surface area contributed by atoms with E-state index in [-0.39, 0.29) is 18.9 Å². The molecule has 1 saturated heterocycles. The molecule has 1 heterocycles. The molecule has 0 aliphatic carbocycles. The number of rotatable bonds is 6. The summed E-state index contributed by atoms with van der Waals surface area (Å²) in [6, 6.07) is -2.56. The molecule has 0 aromatic heterocycles. The van der Waals surface area contributed by atoms with Crippen LogP contribution in [0.2, 0.25) is 0 Å². The first-order valence-corrected chi connectivity index (χ1v) is 10.6. The van der Waals surface area contributed by atoms with Gasteiger partial charge < -0.3 is 25.2 Å². The Labute approximate surface area is 184 Å². The number of carbonyl (C=O) groups excluding carboxylic acids is 3. The zero-order valence-electron chi connectivity index (χ0n) is 19.8. The molecule has 0 bridgehead atoms. The molecule has 1 aliphatic rings. The van der Waals surface area contributed by atoms with Gasteiger partial charge in [-0.1, -0.05) is 20.3 Å². The van der Waals surface area contributed by atoms with Gasteiger partial charge in [-0.2, -0.15) is 0 Å². The Balaban J connectivity index is 2.89. The molecular formula is C21H37N3O7. The standard InChI is InChI=1S/C21H37N3O7/c1-9-12(2)15(23-18(28)30-20(3,4)5)16(25)22-13-10-14(17(26)27)24(11-13)19(29)31-21(6,7)8/h12-15H,9-11H2,1-8H3,(H,22,25)(H,23,28)(H,26,27). The Bertz CT molecular complexity index is 681. The van der Waals surface area contributed by atoms with Crippen LogP contribution in [0.25, 0.3) is 0 Å². The number of aliphatic carboxylic acids is 1. The molecule has 178 valence electrons. The summed E-state index contributed by atoms with van der Waals surface area (Å²) >= 11 is 0. The summed E-state index contributed by atoms with van der Waals surface area (Å²) in [6.07, 6.45) is -0.791. The number of nitrogens with zero attached hydrogens (tertiary/aromatic N) is 1. The maximum atomic E-state index is 12.9. The van der Waals surface area contributed by atoms with E-state index in [1.165, 1.54) is 0 Å². The topological polar surface area (TPSA) is 134 Å². The quantitative estimate of drug-likeness (QED) is 0.574. The highest BCUT2D eigenvalue weighted by Gasteiger charge is 2.43. The molecular weight excluding hydrogens is 406 g/mol. The predicted octanol–water partition coefficient (Wildman–Crippen LogP) is 2.50. The highest BCUT2D eigenvalue weighted by Crippen LogP contribution is 2.22. The predicted molar refractivity (Wildman–Crippen MR) is 114 cm³/mol. The van der Waals surface area contributed by atoms with Gasteiger partial charge in [0.25, 0.3) is 0 Å². The van der Waals surface area contributed by atoms with Crippen molar-refractivity contribution >= 4 is 24.1 Å². The second-order valence-corrected chi connectivity index (χ2v) is 9.94. The Kier molecular flexibility index (Phi) is 8.72. The van der Waals surface area contributed by atoms with Gasteiger partial charge in [-0.05, 0) is 47.5 Å². The van der Waals surface area contributed by atoms with Crippen molar-refractivity contribution in [2.75, 3.05) is 6.54 Å². The molecule has 0 spiro atoms. The Morgan fingerprint density at radius 3 is 2.06 bits per heavy atom. The van der Waals surface area contributed by atoms with Crippen LogP contribution < -0.4 is 10.6 Å². The molecule has 3 N–H and O–H groups in total. The number of carboxylic acid groups (broad SMARTS) is 1. The van der Waals surface area contributed by atoms with Crippen molar-refractivity contribution in [1.82, 2.24) is 15.5 Å². The normalized spacial score (nSPS) is 21.1. The molecule has 10 heteroatoms. The van der Waals surface area contributed by atoms with Gasteiger partial charge in [0.05, 0.1) is 0 Å². The minimum Gasteiger partial charge on any atom is -0.480 e. The van der Waals surface area contributed by atoms with E-state index in [2.05, 4.69) is 10.6 Å². The Morgan fingerprint density at radius 2 is 1.61 bits per heavy atom. The van der Waals surface area contributed by atoms with Crippen LogP contribution in [-0.2, 0) is 19.1 Å². The van der Waals surface area contributed by atoms with Crippen molar-refractivity contribution in [3.05, 3.63) is 0 Å². The number of hydrogen-bond acceptors (Lipinski definition) is 6. The van der Waals surface area contributed by atoms with Gasteiger partial charge in [-0.3, -0.25) is 9.69 Å². The Morgan fingerprint density at radius 1 is 1.06 bits per heavy atom. The first-order valence-electron chi connectivity index (χ1n) is 10.6. The second kappa shape index (κ2) is 10.2. The third-order valence-electron chi connectivity index (χ3n) is 4.73. The molecule has 0 aromatic carbocycles. The van der Waals surface area contributed by atoms with E-state index in [9.17, 15) is 24.3 Å². The molecule has 4 atom stereocenters. The SMILES string of the molecule is CCC(C)C(NC(=O)OC(C)(C)C)C(=O)NC1CC(C(=O)O)N(C(=O)OC(C)(C)C)C1. The van der Waals surface area contributed by atoms with Crippen molar-refractivity contribution < 1.29 is 33.8 Å². The lowest BCUT2D eigenvalue weighted by Crippen LogP contribution is -2.53. The van der Waals surface area contributed by atoms with E-state index < -0.39 is 53.4 Å². The van der Waals surface area contributed by atoms with E-state index in [0.29, 0.717) is 6.42 Å². The smallest absolute Gasteiger partial charge is 0.411 e. The van der Waals surface area contributed by atoms with Crippen LogP contribution in [0.4, 0.5) is 9.59 Å². The van der Waals surface area contributed by atoms with Crippen LogP contribution in [0.15, 0.2) is 0 Å². The third kappa shape index (κ3) is 8.63. The summed E-state index contributed by atoms with van der Waals surface area (Å²) in [6.45, 7) is 13.9. The number of amides is 3. The number of nitrogens with one attached hydrogen (secondary N) is 2. The highest BCUT2D eigenvalue weighted by atomic mass is 16.6. The van der Waals surface area contributed by atoms with Gasteiger partial charge in [0.1, 0.15) is 23.3 Å². The number of likely N-dealkylation sites (tertiary alicyclic amines) is 1. The second-order valence-electron chi connectivity index (χ2n) is 9.94. The van der Waals surface area contributed by atoms with Gasteiger partial charge in [0.15, 0.2) is 0 Å². The van der Waals surface area contributed by atoms with Crippen molar-refractivity contribution in [1.29, 1.82) is 0 Å². The molecule has 0 radical (unpaired) electrons. The van der Waals surface area contributed by atoms with Crippen LogP contribution in [0.3, 0.4) is 0 Å². The van der Waals surface area contributed by atoms with Gasteiger partial charge in [0, 0.05) is 19.0 Å². The minimum absolute atomic E-state index is 0.00269. The van der Waals surface area contributed by atoms with Gasteiger partial charge in [0.2, 0.25) is 5.91 Å². The van der Waals surface area contributed by atoms with Crippen molar-refractivity contribution in [2.45, 2.75) is 97.6 Å². The summed E-state index contributed by atoms with van der Waals surface area (Å²) < 4.78 is 10.5. The monoisotopic (exact) mass is 443 g/mol. The van der Waals surface area contributed by atoms with Crippen LogP contribution in [0.5, 0.6) is 0 Å². The van der Waals surface area contributed by atoms with Crippen molar-refractivity contribution in [3.8, 4) is 0 Å². The zero-order chi connectivity index (χ0) is 24.1. The number of hydrogen-bond donors (Lipinski definition) is 3. The Hall–Kier alpha value is -2.52. The van der Waals surface area contributed by atoms with E-state index in [4.69, 9.17) is 9.47 Å². The maximum absolute atomic E-state index is 12.9. The molecule has 1 aliphatic heterocycles.